The number of aliphatic hydroxyl groups is 5. The Morgan fingerprint density at radius 3 is 2.09 bits per heavy atom. The zero-order chi connectivity index (χ0) is 17.3. The van der Waals surface area contributed by atoms with E-state index < -0.39 is 48.9 Å². The minimum Gasteiger partial charge on any atom is -0.480 e. The van der Waals surface area contributed by atoms with Crippen molar-refractivity contribution in [2.75, 3.05) is 13.2 Å². The molecule has 0 heterocycles. The van der Waals surface area contributed by atoms with Crippen LogP contribution in [0, 0.1) is 0 Å². The highest BCUT2D eigenvalue weighted by molar-refractivity contribution is 5.86. The van der Waals surface area contributed by atoms with E-state index >= 15 is 0 Å². The van der Waals surface area contributed by atoms with Gasteiger partial charge in [0.15, 0.2) is 6.10 Å². The molecule has 0 aromatic carbocycles. The fourth-order valence-corrected chi connectivity index (χ4v) is 1.68. The van der Waals surface area contributed by atoms with Gasteiger partial charge < -0.3 is 41.7 Å². The summed E-state index contributed by atoms with van der Waals surface area (Å²) in [5, 5.41) is 57.2. The van der Waals surface area contributed by atoms with Gasteiger partial charge in [0.2, 0.25) is 0 Å². The maximum Gasteiger partial charge on any atom is 0.326 e. The molecular weight excluding hydrogens is 300 g/mol. The van der Waals surface area contributed by atoms with Gasteiger partial charge in [-0.1, -0.05) is 0 Å². The summed E-state index contributed by atoms with van der Waals surface area (Å²) in [5.74, 6) is -2.53. The molecule has 0 saturated heterocycles. The molecule has 0 radical (unpaired) electrons. The first-order valence-corrected chi connectivity index (χ1v) is 6.82. The van der Waals surface area contributed by atoms with E-state index in [1.165, 1.54) is 0 Å². The molecule has 130 valence electrons. The van der Waals surface area contributed by atoms with Gasteiger partial charge in [0.25, 0.3) is 5.91 Å². The second-order valence-corrected chi connectivity index (χ2v) is 4.86. The van der Waals surface area contributed by atoms with Gasteiger partial charge in [-0.25, -0.2) is 4.79 Å². The van der Waals surface area contributed by atoms with Crippen LogP contribution in [0.1, 0.15) is 19.3 Å². The third-order valence-corrected chi connectivity index (χ3v) is 3.08. The van der Waals surface area contributed by atoms with Crippen LogP contribution in [0.15, 0.2) is 0 Å². The van der Waals surface area contributed by atoms with Gasteiger partial charge in [-0.2, -0.15) is 0 Å². The van der Waals surface area contributed by atoms with Crippen molar-refractivity contribution in [2.45, 2.75) is 49.7 Å². The Labute approximate surface area is 127 Å². The summed E-state index contributed by atoms with van der Waals surface area (Å²) in [6, 6.07) is -1.28. The van der Waals surface area contributed by atoms with Crippen molar-refractivity contribution in [3.05, 3.63) is 0 Å². The van der Waals surface area contributed by atoms with Gasteiger partial charge in [-0.3, -0.25) is 4.79 Å². The van der Waals surface area contributed by atoms with Gasteiger partial charge in [0, 0.05) is 0 Å². The summed E-state index contributed by atoms with van der Waals surface area (Å²) in [4.78, 5) is 22.7. The van der Waals surface area contributed by atoms with E-state index in [9.17, 15) is 24.9 Å². The second-order valence-electron chi connectivity index (χ2n) is 4.86. The lowest BCUT2D eigenvalue weighted by Gasteiger charge is -2.26. The fraction of sp³-hybridized carbons (Fsp3) is 0.833. The molecule has 0 bridgehead atoms. The standard InChI is InChI=1S/C12H24N2O8/c13-4-2-1-3-6(12(21)22)14-11(20)10(19)9(18)8(17)7(16)5-15/h6-10,15-19H,1-5,13H2,(H,14,20)(H,21,22)/t6-,7+,8+,9-,10+/m0/s1. The first-order valence-electron chi connectivity index (χ1n) is 6.82. The van der Waals surface area contributed by atoms with Crippen LogP contribution in [-0.4, -0.2) is 86.1 Å². The number of nitrogens with one attached hydrogen (secondary N) is 1. The SMILES string of the molecule is NCCCC[C@H](NC(=O)[C@H](O)[C@@H](O)[C@H](O)[C@H](O)CO)C(=O)O. The van der Waals surface area contributed by atoms with Gasteiger partial charge >= 0.3 is 5.97 Å². The second kappa shape index (κ2) is 10.4. The van der Waals surface area contributed by atoms with Crippen molar-refractivity contribution in [3.8, 4) is 0 Å². The quantitative estimate of drug-likeness (QED) is 0.175. The normalized spacial score (nSPS) is 18.1. The Morgan fingerprint density at radius 1 is 1.05 bits per heavy atom. The highest BCUT2D eigenvalue weighted by Crippen LogP contribution is 2.07. The highest BCUT2D eigenvalue weighted by atomic mass is 16.4. The molecule has 10 heteroatoms. The molecular formula is C12H24N2O8. The minimum absolute atomic E-state index is 0.0862. The number of nitrogens with two attached hydrogens (primary N) is 1. The van der Waals surface area contributed by atoms with Crippen LogP contribution in [0.3, 0.4) is 0 Å². The predicted molar refractivity (Wildman–Crippen MR) is 73.6 cm³/mol. The van der Waals surface area contributed by atoms with Crippen LogP contribution in [0.25, 0.3) is 0 Å². The van der Waals surface area contributed by atoms with E-state index in [-0.39, 0.29) is 6.42 Å². The van der Waals surface area contributed by atoms with Gasteiger partial charge in [-0.15, -0.1) is 0 Å². The van der Waals surface area contributed by atoms with Crippen LogP contribution in [0.2, 0.25) is 0 Å². The number of carboxylic acid groups (broad SMARTS) is 1. The number of rotatable bonds is 11. The van der Waals surface area contributed by atoms with E-state index in [1.807, 2.05) is 5.32 Å². The van der Waals surface area contributed by atoms with Gasteiger partial charge in [0.1, 0.15) is 24.4 Å². The monoisotopic (exact) mass is 324 g/mol. The van der Waals surface area contributed by atoms with Crippen molar-refractivity contribution in [1.82, 2.24) is 5.32 Å². The first-order chi connectivity index (χ1) is 10.3. The highest BCUT2D eigenvalue weighted by Gasteiger charge is 2.35. The zero-order valence-corrected chi connectivity index (χ0v) is 12.0. The zero-order valence-electron chi connectivity index (χ0n) is 12.0. The Bertz CT molecular complexity index is 354. The molecule has 0 aliphatic rings. The molecule has 0 fully saturated rings. The van der Waals surface area contributed by atoms with Crippen molar-refractivity contribution < 1.29 is 40.2 Å². The number of carboxylic acids is 1. The number of unbranched alkanes of at least 4 members (excludes halogenated alkanes) is 1. The number of carbonyl (C=O) groups excluding carboxylic acids is 1. The Balaban J connectivity index is 4.61. The van der Waals surface area contributed by atoms with E-state index in [0.29, 0.717) is 19.4 Å². The molecule has 10 nitrogen and oxygen atoms in total. The average Bonchev–Trinajstić information content (AvgIpc) is 2.50. The van der Waals surface area contributed by atoms with Crippen LogP contribution in [0.4, 0.5) is 0 Å². The summed E-state index contributed by atoms with van der Waals surface area (Å²) in [5.41, 5.74) is 5.28. The summed E-state index contributed by atoms with van der Waals surface area (Å²) < 4.78 is 0. The van der Waals surface area contributed by atoms with Crippen LogP contribution in [0.5, 0.6) is 0 Å². The number of aliphatic hydroxyl groups excluding tert-OH is 5. The maximum atomic E-state index is 11.7. The molecule has 0 rings (SSSR count). The molecule has 0 aromatic heterocycles. The molecule has 0 spiro atoms. The number of carbonyl (C=O) groups is 2. The van der Waals surface area contributed by atoms with Crippen LogP contribution >= 0.6 is 0 Å². The Morgan fingerprint density at radius 2 is 1.64 bits per heavy atom. The molecule has 0 aliphatic carbocycles. The third kappa shape index (κ3) is 6.64. The van der Waals surface area contributed by atoms with Crippen molar-refractivity contribution in [1.29, 1.82) is 0 Å². The molecule has 0 unspecified atom stereocenters. The third-order valence-electron chi connectivity index (χ3n) is 3.08. The maximum absolute atomic E-state index is 11.7. The summed E-state index contributed by atoms with van der Waals surface area (Å²) >= 11 is 0. The van der Waals surface area contributed by atoms with Gasteiger partial charge in [-0.05, 0) is 25.8 Å². The topological polar surface area (TPSA) is 194 Å². The Hall–Kier alpha value is -1.30. The molecule has 1 amide bonds. The van der Waals surface area contributed by atoms with Crippen LogP contribution < -0.4 is 11.1 Å². The van der Waals surface area contributed by atoms with Crippen molar-refractivity contribution >= 4 is 11.9 Å². The van der Waals surface area contributed by atoms with Crippen molar-refractivity contribution in [3.63, 3.8) is 0 Å². The lowest BCUT2D eigenvalue weighted by Crippen LogP contribution is -2.54. The lowest BCUT2D eigenvalue weighted by atomic mass is 10.0. The predicted octanol–water partition coefficient (Wildman–Crippen LogP) is -3.88. The largest absolute Gasteiger partial charge is 0.480 e. The average molecular weight is 324 g/mol. The number of amides is 1. The molecule has 0 aromatic rings. The van der Waals surface area contributed by atoms with E-state index in [0.717, 1.165) is 0 Å². The number of aliphatic carboxylic acids is 1. The Kier molecular flexibility index (Phi) is 9.81. The molecule has 0 aliphatic heterocycles. The van der Waals surface area contributed by atoms with Crippen molar-refractivity contribution in [2.24, 2.45) is 5.73 Å². The number of hydrogen-bond donors (Lipinski definition) is 8. The molecule has 5 atom stereocenters. The summed E-state index contributed by atoms with van der Waals surface area (Å²) in [6.45, 7) is -0.518. The first kappa shape index (κ1) is 20.7. The number of hydrogen-bond acceptors (Lipinski definition) is 8. The van der Waals surface area contributed by atoms with E-state index in [1.54, 1.807) is 0 Å². The van der Waals surface area contributed by atoms with E-state index in [4.69, 9.17) is 21.1 Å². The van der Waals surface area contributed by atoms with E-state index in [2.05, 4.69) is 0 Å². The fourth-order valence-electron chi connectivity index (χ4n) is 1.68. The van der Waals surface area contributed by atoms with Crippen LogP contribution in [-0.2, 0) is 9.59 Å². The minimum atomic E-state index is -2.16. The molecule has 9 N–H and O–H groups in total. The smallest absolute Gasteiger partial charge is 0.326 e. The van der Waals surface area contributed by atoms with Gasteiger partial charge in [0.05, 0.1) is 6.61 Å². The molecule has 0 saturated carbocycles. The lowest BCUT2D eigenvalue weighted by molar-refractivity contribution is -0.153. The molecule has 22 heavy (non-hydrogen) atoms. The summed E-state index contributed by atoms with van der Waals surface area (Å²) in [6.07, 6.45) is -6.87. The summed E-state index contributed by atoms with van der Waals surface area (Å²) in [7, 11) is 0.